The second kappa shape index (κ2) is 15.1. The van der Waals surface area contributed by atoms with Gasteiger partial charge in [0.15, 0.2) is 6.10 Å². The Hall–Kier alpha value is -3.04. The van der Waals surface area contributed by atoms with E-state index in [1.54, 1.807) is 12.0 Å². The summed E-state index contributed by atoms with van der Waals surface area (Å²) in [6.45, 7) is 8.82. The number of nitrogens with one attached hydrogen (secondary N) is 1. The first-order valence-electron chi connectivity index (χ1n) is 22.9. The van der Waals surface area contributed by atoms with E-state index in [0.717, 1.165) is 57.3 Å². The van der Waals surface area contributed by atoms with Gasteiger partial charge in [-0.2, -0.15) is 0 Å². The number of carbonyl (C=O) groups is 4. The van der Waals surface area contributed by atoms with Crippen molar-refractivity contribution in [2.45, 2.75) is 145 Å². The Morgan fingerprint density at radius 3 is 2.42 bits per heavy atom. The molecule has 6 aliphatic heterocycles. The Kier molecular flexibility index (Phi) is 10.6. The van der Waals surface area contributed by atoms with Crippen LogP contribution in [0.1, 0.15) is 97.8 Å². The van der Waals surface area contributed by atoms with Crippen molar-refractivity contribution >= 4 is 24.3 Å². The maximum Gasteiger partial charge on any atom is 0.344 e. The lowest BCUT2D eigenvalue weighted by molar-refractivity contribution is -0.249. The second-order valence-electron chi connectivity index (χ2n) is 20.3. The number of aliphatic hydroxyl groups is 2. The average molecular weight is 837 g/mol. The fourth-order valence-electron chi connectivity index (χ4n) is 16.1. The van der Waals surface area contributed by atoms with Crippen molar-refractivity contribution in [3.05, 3.63) is 23.4 Å². The van der Waals surface area contributed by atoms with E-state index >= 15 is 4.79 Å². The summed E-state index contributed by atoms with van der Waals surface area (Å²) in [6, 6.07) is -1.63. The molecule has 6 heterocycles. The molecule has 332 valence electrons. The molecule has 60 heavy (non-hydrogen) atoms. The Bertz CT molecular complexity index is 1830. The van der Waals surface area contributed by atoms with Crippen LogP contribution < -0.4 is 5.32 Å². The predicted octanol–water partition coefficient (Wildman–Crippen LogP) is 2.95. The highest BCUT2D eigenvalue weighted by Crippen LogP contribution is 2.72. The van der Waals surface area contributed by atoms with E-state index in [2.05, 4.69) is 27.3 Å². The monoisotopic (exact) mass is 836 g/mol. The molecule has 3 N–H and O–H groups in total. The summed E-state index contributed by atoms with van der Waals surface area (Å²) in [5.41, 5.74) is -4.02. The topological polar surface area (TPSA) is 167 Å². The molecule has 0 aromatic rings. The number of likely N-dealkylation sites (tertiary alicyclic amines) is 1. The minimum Gasteiger partial charge on any atom is -0.468 e. The summed E-state index contributed by atoms with van der Waals surface area (Å²) >= 11 is 0. The van der Waals surface area contributed by atoms with Crippen LogP contribution >= 0.6 is 0 Å². The van der Waals surface area contributed by atoms with E-state index in [9.17, 15) is 24.6 Å². The lowest BCUT2D eigenvalue weighted by Gasteiger charge is -2.64. The number of amides is 1. The van der Waals surface area contributed by atoms with Gasteiger partial charge in [-0.25, -0.2) is 4.79 Å². The van der Waals surface area contributed by atoms with Gasteiger partial charge in [0.2, 0.25) is 12.0 Å². The van der Waals surface area contributed by atoms with E-state index in [-0.39, 0.29) is 29.9 Å². The Labute approximate surface area is 354 Å². The molecule has 3 saturated carbocycles. The van der Waals surface area contributed by atoms with Gasteiger partial charge in [-0.1, -0.05) is 38.8 Å². The van der Waals surface area contributed by atoms with Gasteiger partial charge in [-0.15, -0.1) is 0 Å². The van der Waals surface area contributed by atoms with E-state index in [0.29, 0.717) is 70.5 Å². The minimum atomic E-state index is -2.41. The lowest BCUT2D eigenvalue weighted by atomic mass is 9.44. The van der Waals surface area contributed by atoms with Crippen LogP contribution in [-0.2, 0) is 38.1 Å². The highest BCUT2D eigenvalue weighted by Gasteiger charge is 2.83. The molecule has 16 atom stereocenters. The van der Waals surface area contributed by atoms with Crippen molar-refractivity contribution in [3.8, 4) is 0 Å². The van der Waals surface area contributed by atoms with E-state index < -0.39 is 69.6 Å². The van der Waals surface area contributed by atoms with Gasteiger partial charge in [0.1, 0.15) is 5.41 Å². The molecule has 9 aliphatic rings. The van der Waals surface area contributed by atoms with Crippen LogP contribution in [0.4, 0.5) is 0 Å². The number of piperidine rings is 1. The molecular weight excluding hydrogens is 769 g/mol. The van der Waals surface area contributed by atoms with Crippen molar-refractivity contribution in [2.24, 2.45) is 39.9 Å². The van der Waals surface area contributed by atoms with Gasteiger partial charge in [0.05, 0.1) is 32.0 Å². The molecule has 3 saturated heterocycles. The summed E-state index contributed by atoms with van der Waals surface area (Å²) in [4.78, 5) is 63.3. The van der Waals surface area contributed by atoms with Crippen LogP contribution in [0.25, 0.3) is 0 Å². The first kappa shape index (κ1) is 42.3. The molecule has 1 spiro atoms. The van der Waals surface area contributed by atoms with Crippen molar-refractivity contribution in [2.75, 3.05) is 54.1 Å². The lowest BCUT2D eigenvalue weighted by Crippen LogP contribution is -2.80. The van der Waals surface area contributed by atoms with Gasteiger partial charge < -0.3 is 39.4 Å². The predicted molar refractivity (Wildman–Crippen MR) is 219 cm³/mol. The highest BCUT2D eigenvalue weighted by molar-refractivity contribution is 5.85. The molecule has 14 heteroatoms. The zero-order valence-electron chi connectivity index (χ0n) is 36.5. The molecule has 6 fully saturated rings. The molecule has 0 radical (unpaired) electrons. The largest absolute Gasteiger partial charge is 0.468 e. The molecule has 9 rings (SSSR count). The normalized spacial score (nSPS) is 47.9. The van der Waals surface area contributed by atoms with Crippen LogP contribution in [-0.4, -0.2) is 151 Å². The number of carbonyl (C=O) groups excluding carboxylic acids is 4. The van der Waals surface area contributed by atoms with Crippen molar-refractivity contribution in [3.63, 3.8) is 0 Å². The number of ether oxygens (including phenoxy) is 4. The van der Waals surface area contributed by atoms with Crippen LogP contribution in [0.3, 0.4) is 0 Å². The maximum atomic E-state index is 15.5. The number of hydrogen-bond acceptors (Lipinski definition) is 13. The maximum absolute atomic E-state index is 15.5. The zero-order chi connectivity index (χ0) is 42.6. The van der Waals surface area contributed by atoms with Crippen molar-refractivity contribution < 1.29 is 48.3 Å². The van der Waals surface area contributed by atoms with Crippen molar-refractivity contribution in [1.82, 2.24) is 20.0 Å². The summed E-state index contributed by atoms with van der Waals surface area (Å²) in [7, 11) is 4.41. The standard InChI is InChI=1S/C46H68N4O10/c1-7-42(55)22-28-23-45(40(53)58-5,36-30(14-18-48(24-28)25-42)29-12-9-10-13-33(29)47-36)32-20-31-34(21-35(32)57-4)50(26-51)38-44(31)16-19-49-17-11-15-43(8-2,37(44)49)39(60-27(3)52)46(38,56)41(54)59-6/h11,15,26,28-29,31-35,37-39,47,55-56H,7-10,12-14,16-25H2,1-6H3/t28-,29?,31?,32?,33?,34?,35?,37+,38-,39-,42+,43-,44-,45+,46+/m1/s1. The molecule has 7 unspecified atom stereocenters. The minimum absolute atomic E-state index is 0.0166. The molecule has 2 bridgehead atoms. The number of fused-ring (bicyclic) bond motifs is 5. The molecule has 0 aromatic carbocycles. The number of hydrogen-bond donors (Lipinski definition) is 3. The number of methoxy groups -OCH3 is 3. The fraction of sp³-hybridized carbons (Fsp3) is 0.826. The average Bonchev–Trinajstić information content (AvgIpc) is 3.92. The molecule has 1 amide bonds. The van der Waals surface area contributed by atoms with Crippen LogP contribution in [0.5, 0.6) is 0 Å². The van der Waals surface area contributed by atoms with Crippen LogP contribution in [0.2, 0.25) is 0 Å². The fourth-order valence-corrected chi connectivity index (χ4v) is 16.1. The van der Waals surface area contributed by atoms with Crippen molar-refractivity contribution in [1.29, 1.82) is 0 Å². The van der Waals surface area contributed by atoms with Crippen LogP contribution in [0, 0.1) is 39.9 Å². The van der Waals surface area contributed by atoms with Gasteiger partial charge in [0, 0.05) is 86.7 Å². The molecular formula is C46H68N4O10. The highest BCUT2D eigenvalue weighted by atomic mass is 16.6. The Morgan fingerprint density at radius 2 is 1.73 bits per heavy atom. The number of rotatable bonds is 8. The van der Waals surface area contributed by atoms with Crippen LogP contribution in [0.15, 0.2) is 23.4 Å². The van der Waals surface area contributed by atoms with Gasteiger partial charge in [-0.3, -0.25) is 24.2 Å². The van der Waals surface area contributed by atoms with E-state index in [1.807, 2.05) is 13.8 Å². The second-order valence-corrected chi connectivity index (χ2v) is 20.3. The summed E-state index contributed by atoms with van der Waals surface area (Å²) in [6.07, 6.45) is 11.7. The SMILES string of the molecule is CC[C@]1(O)C[C@H]2CN(CCC3=C(NC4CCCCC34)[C@@](C(=O)OC)(C3CC4C(CC3OC)N(C=O)[C@H]3[C@@](O)(C(=O)OC)[C@H](OC(C)=O)[C@]5(CC)C=CCN6CC[C@]43[C@@H]65)C2)C1. The third kappa shape index (κ3) is 5.61. The van der Waals surface area contributed by atoms with Gasteiger partial charge in [0.25, 0.3) is 0 Å². The first-order chi connectivity index (χ1) is 28.8. The Morgan fingerprint density at radius 1 is 0.967 bits per heavy atom. The molecule has 0 aromatic heterocycles. The summed E-state index contributed by atoms with van der Waals surface area (Å²) in [5.74, 6) is -2.29. The smallest absolute Gasteiger partial charge is 0.344 e. The third-order valence-corrected chi connectivity index (χ3v) is 18.1. The van der Waals surface area contributed by atoms with Gasteiger partial charge >= 0.3 is 17.9 Å². The van der Waals surface area contributed by atoms with E-state index in [1.165, 1.54) is 26.7 Å². The third-order valence-electron chi connectivity index (χ3n) is 18.1. The number of esters is 3. The quantitative estimate of drug-likeness (QED) is 0.142. The molecule has 14 nitrogen and oxygen atoms in total. The number of nitrogens with zero attached hydrogens (tertiary/aromatic N) is 3. The zero-order valence-corrected chi connectivity index (χ0v) is 36.5. The summed E-state index contributed by atoms with van der Waals surface area (Å²) in [5, 5.41) is 29.5. The summed E-state index contributed by atoms with van der Waals surface area (Å²) < 4.78 is 24.2. The van der Waals surface area contributed by atoms with E-state index in [4.69, 9.17) is 18.9 Å². The first-order valence-corrected chi connectivity index (χ1v) is 22.9. The molecule has 3 aliphatic carbocycles. The van der Waals surface area contributed by atoms with Gasteiger partial charge in [-0.05, 0) is 88.2 Å². The Balaban J connectivity index is 1.26.